The predicted octanol–water partition coefficient (Wildman–Crippen LogP) is 1.47. The number of halogens is 3. The molecule has 1 aromatic carbocycles. The monoisotopic (exact) mass is 372 g/mol. The van der Waals surface area contributed by atoms with E-state index in [0.29, 0.717) is 18.2 Å². The third-order valence-corrected chi connectivity index (χ3v) is 5.70. The van der Waals surface area contributed by atoms with Crippen LogP contribution >= 0.6 is 32.0 Å². The molecule has 0 saturated heterocycles. The summed E-state index contributed by atoms with van der Waals surface area (Å²) in [5.41, 5.74) is 0. The topological polar surface area (TPSA) is 102 Å². The second-order valence-electron chi connectivity index (χ2n) is 2.95. The second kappa shape index (κ2) is 4.80. The Kier molecular flexibility index (Phi) is 4.27. The number of hydrogen-bond acceptors (Lipinski definition) is 6. The van der Waals surface area contributed by atoms with Crippen molar-refractivity contribution >= 4 is 59.2 Å². The molecule has 1 aromatic rings. The maximum atomic E-state index is 11.1. The zero-order valence-corrected chi connectivity index (χ0v) is 12.8. The van der Waals surface area contributed by atoms with Crippen LogP contribution in [0.15, 0.2) is 32.9 Å². The highest BCUT2D eigenvalue weighted by Crippen LogP contribution is 2.27. The van der Waals surface area contributed by atoms with Gasteiger partial charge in [-0.05, 0) is 18.2 Å². The van der Waals surface area contributed by atoms with Crippen molar-refractivity contribution in [3.05, 3.63) is 18.2 Å². The van der Waals surface area contributed by atoms with Gasteiger partial charge in [0, 0.05) is 32.0 Å². The first-order valence-electron chi connectivity index (χ1n) is 3.81. The van der Waals surface area contributed by atoms with Crippen LogP contribution in [-0.4, -0.2) is 25.3 Å². The minimum Gasteiger partial charge on any atom is -0.207 e. The third-order valence-electron chi connectivity index (χ3n) is 1.70. The third kappa shape index (κ3) is 3.97. The molecule has 0 bridgehead atoms. The van der Waals surface area contributed by atoms with Crippen LogP contribution in [0.1, 0.15) is 0 Å². The summed E-state index contributed by atoms with van der Waals surface area (Å²) in [5, 5.41) is 0. The molecule has 0 N–H and O–H groups in total. The van der Waals surface area contributed by atoms with Gasteiger partial charge in [0.15, 0.2) is 0 Å². The fourth-order valence-corrected chi connectivity index (χ4v) is 3.60. The summed E-state index contributed by atoms with van der Waals surface area (Å²) in [6, 6.07) is 1.86. The highest BCUT2D eigenvalue weighted by Gasteiger charge is 2.22. The van der Waals surface area contributed by atoms with E-state index in [2.05, 4.69) is 0 Å². The zero-order valence-electron chi connectivity index (χ0n) is 8.04. The minimum absolute atomic E-state index is 0.621. The highest BCUT2D eigenvalue weighted by atomic mass is 35.7. The Labute approximate surface area is 117 Å². The molecule has 0 atom stereocenters. The van der Waals surface area contributed by atoms with Gasteiger partial charge in [-0.25, -0.2) is 25.3 Å². The molecule has 0 fully saturated rings. The van der Waals surface area contributed by atoms with Crippen LogP contribution in [0.2, 0.25) is 0 Å². The van der Waals surface area contributed by atoms with Crippen LogP contribution in [-0.2, 0) is 27.2 Å². The lowest BCUT2D eigenvalue weighted by atomic mass is 10.4. The molecule has 0 spiro atoms. The van der Waals surface area contributed by atoms with Crippen molar-refractivity contribution in [3.8, 4) is 0 Å². The number of rotatable bonds is 3. The van der Waals surface area contributed by atoms with Crippen molar-refractivity contribution in [2.45, 2.75) is 14.7 Å². The van der Waals surface area contributed by atoms with Crippen molar-refractivity contribution in [3.63, 3.8) is 0 Å². The van der Waals surface area contributed by atoms with Gasteiger partial charge in [-0.1, -0.05) is 0 Å². The molecule has 12 heteroatoms. The van der Waals surface area contributed by atoms with Crippen molar-refractivity contribution in [1.29, 1.82) is 0 Å². The quantitative estimate of drug-likeness (QED) is 0.743. The van der Waals surface area contributed by atoms with Crippen molar-refractivity contribution in [2.24, 2.45) is 0 Å². The molecule has 0 aromatic heterocycles. The maximum absolute atomic E-state index is 11.1. The Morgan fingerprint density at radius 1 is 0.556 bits per heavy atom. The van der Waals surface area contributed by atoms with Gasteiger partial charge in [0.2, 0.25) is 0 Å². The van der Waals surface area contributed by atoms with Crippen LogP contribution in [0.4, 0.5) is 0 Å². The Hall–Kier alpha value is -0.0600. The number of benzene rings is 1. The Morgan fingerprint density at radius 2 is 0.722 bits per heavy atom. The Bertz CT molecular complexity index is 671. The minimum atomic E-state index is -4.34. The fourth-order valence-electron chi connectivity index (χ4n) is 0.968. The molecule has 6 nitrogen and oxygen atoms in total. The molecule has 0 amide bonds. The van der Waals surface area contributed by atoms with E-state index < -0.39 is 41.8 Å². The van der Waals surface area contributed by atoms with Crippen LogP contribution < -0.4 is 0 Å². The normalized spacial score (nSPS) is 13.5. The molecule has 0 unspecified atom stereocenters. The summed E-state index contributed by atoms with van der Waals surface area (Å²) >= 11 is 0. The van der Waals surface area contributed by atoms with Crippen molar-refractivity contribution in [1.82, 2.24) is 0 Å². The van der Waals surface area contributed by atoms with Crippen LogP contribution in [0.3, 0.4) is 0 Å². The predicted molar refractivity (Wildman–Crippen MR) is 65.6 cm³/mol. The van der Waals surface area contributed by atoms with E-state index in [1.807, 2.05) is 0 Å². The van der Waals surface area contributed by atoms with Gasteiger partial charge < -0.3 is 0 Å². The van der Waals surface area contributed by atoms with Crippen molar-refractivity contribution in [2.75, 3.05) is 0 Å². The lowest BCUT2D eigenvalue weighted by Crippen LogP contribution is -2.01. The SMILES string of the molecule is O=S(=O)(Cl)c1cc(S(=O)(=O)Cl)cc(S(=O)(=O)Cl)c1. The summed E-state index contributed by atoms with van der Waals surface area (Å²) in [5.74, 6) is 0. The summed E-state index contributed by atoms with van der Waals surface area (Å²) in [6.07, 6.45) is 0. The van der Waals surface area contributed by atoms with E-state index in [0.717, 1.165) is 0 Å². The van der Waals surface area contributed by atoms with Crippen LogP contribution in [0, 0.1) is 0 Å². The molecule has 0 aliphatic heterocycles. The maximum Gasteiger partial charge on any atom is 0.261 e. The molecule has 102 valence electrons. The smallest absolute Gasteiger partial charge is 0.207 e. The van der Waals surface area contributed by atoms with Gasteiger partial charge in [-0.3, -0.25) is 0 Å². The first-order valence-corrected chi connectivity index (χ1v) is 10.7. The zero-order chi connectivity index (χ0) is 14.4. The van der Waals surface area contributed by atoms with Gasteiger partial charge in [-0.15, -0.1) is 0 Å². The molecule has 1 rings (SSSR count). The van der Waals surface area contributed by atoms with E-state index in [4.69, 9.17) is 32.0 Å². The van der Waals surface area contributed by atoms with Gasteiger partial charge >= 0.3 is 0 Å². The standard InChI is InChI=1S/C6H3Cl3O6S3/c7-16(10,11)4-1-5(17(8,12)13)3-6(2-4)18(9,14)15/h1-3H. The first-order chi connectivity index (χ1) is 7.82. The molecule has 0 heterocycles. The molecular weight excluding hydrogens is 371 g/mol. The summed E-state index contributed by atoms with van der Waals surface area (Å²) in [7, 11) is 1.97. The van der Waals surface area contributed by atoms with Gasteiger partial charge in [0.1, 0.15) is 0 Å². The van der Waals surface area contributed by atoms with E-state index in [-0.39, 0.29) is 0 Å². The molecule has 0 saturated carbocycles. The summed E-state index contributed by atoms with van der Waals surface area (Å²) < 4.78 is 66.5. The molecule has 0 aliphatic carbocycles. The first kappa shape index (κ1) is 16.0. The highest BCUT2D eigenvalue weighted by molar-refractivity contribution is 8.15. The van der Waals surface area contributed by atoms with Gasteiger partial charge in [0.05, 0.1) is 14.7 Å². The molecule has 18 heavy (non-hydrogen) atoms. The largest absolute Gasteiger partial charge is 0.261 e. The lowest BCUT2D eigenvalue weighted by Gasteiger charge is -2.03. The summed E-state index contributed by atoms with van der Waals surface area (Å²) in [4.78, 5) is -2.24. The summed E-state index contributed by atoms with van der Waals surface area (Å²) in [6.45, 7) is 0. The molecule has 0 radical (unpaired) electrons. The average molecular weight is 374 g/mol. The second-order valence-corrected chi connectivity index (χ2v) is 10.7. The van der Waals surface area contributed by atoms with Gasteiger partial charge in [-0.2, -0.15) is 0 Å². The van der Waals surface area contributed by atoms with E-state index >= 15 is 0 Å². The number of hydrogen-bond donors (Lipinski definition) is 0. The molecular formula is C6H3Cl3O6S3. The van der Waals surface area contributed by atoms with Gasteiger partial charge in [0.25, 0.3) is 27.2 Å². The lowest BCUT2D eigenvalue weighted by molar-refractivity contribution is 0.606. The average Bonchev–Trinajstić information content (AvgIpc) is 2.13. The molecule has 0 aliphatic rings. The van der Waals surface area contributed by atoms with Crippen LogP contribution in [0.5, 0.6) is 0 Å². The Balaban J connectivity index is 3.82. The van der Waals surface area contributed by atoms with E-state index in [9.17, 15) is 25.3 Å². The fraction of sp³-hybridized carbons (Fsp3) is 0. The van der Waals surface area contributed by atoms with Crippen molar-refractivity contribution < 1.29 is 25.3 Å². The van der Waals surface area contributed by atoms with E-state index in [1.165, 1.54) is 0 Å². The van der Waals surface area contributed by atoms with Crippen LogP contribution in [0.25, 0.3) is 0 Å². The Morgan fingerprint density at radius 3 is 0.833 bits per heavy atom. The van der Waals surface area contributed by atoms with E-state index in [1.54, 1.807) is 0 Å².